The topological polar surface area (TPSA) is 49.4 Å². The number of hydrogen-bond donors (Lipinski definition) is 1. The summed E-state index contributed by atoms with van der Waals surface area (Å²) in [5, 5.41) is 3.35. The van der Waals surface area contributed by atoms with Crippen LogP contribution >= 0.6 is 12.4 Å². The van der Waals surface area contributed by atoms with Crippen molar-refractivity contribution in [1.82, 2.24) is 10.2 Å². The highest BCUT2D eigenvalue weighted by Crippen LogP contribution is 2.16. The molecule has 1 aromatic carbocycles. The number of carbonyl (C=O) groups is 2. The summed E-state index contributed by atoms with van der Waals surface area (Å²) in [5.41, 5.74) is 1.97. The molecule has 27 heavy (non-hydrogen) atoms. The Morgan fingerprint density at radius 2 is 1.74 bits per heavy atom. The van der Waals surface area contributed by atoms with Gasteiger partial charge < -0.3 is 10.2 Å². The molecule has 1 N–H and O–H groups in total. The summed E-state index contributed by atoms with van der Waals surface area (Å²) in [4.78, 5) is 27.2. The van der Waals surface area contributed by atoms with E-state index in [9.17, 15) is 9.59 Å². The molecular weight excluding hydrogens is 360 g/mol. The molecule has 0 aliphatic carbocycles. The average Bonchev–Trinajstić information content (AvgIpc) is 2.64. The highest BCUT2D eigenvalue weighted by molar-refractivity contribution is 5.98. The molecule has 152 valence electrons. The minimum absolute atomic E-state index is 0. The summed E-state index contributed by atoms with van der Waals surface area (Å²) in [7, 11) is 0. The first-order chi connectivity index (χ1) is 12.5. The second kappa shape index (κ2) is 12.1. The van der Waals surface area contributed by atoms with Gasteiger partial charge >= 0.3 is 0 Å². The number of rotatable bonds is 9. The molecular formula is C22H35ClN2O2. The fourth-order valence-corrected chi connectivity index (χ4v) is 3.68. The lowest BCUT2D eigenvalue weighted by Gasteiger charge is -2.34. The molecule has 1 aromatic rings. The van der Waals surface area contributed by atoms with Gasteiger partial charge in [0.15, 0.2) is 5.78 Å². The summed E-state index contributed by atoms with van der Waals surface area (Å²) in [6.45, 7) is 9.22. The van der Waals surface area contributed by atoms with Crippen molar-refractivity contribution >= 4 is 24.1 Å². The van der Waals surface area contributed by atoms with Gasteiger partial charge in [0.05, 0.1) is 0 Å². The number of benzene rings is 1. The number of piperidine rings is 1. The smallest absolute Gasteiger partial charge is 0.223 e. The van der Waals surface area contributed by atoms with Crippen LogP contribution in [0, 0.1) is 5.92 Å². The first kappa shape index (κ1) is 23.6. The lowest BCUT2D eigenvalue weighted by Crippen LogP contribution is -2.46. The molecule has 0 bridgehead atoms. The van der Waals surface area contributed by atoms with E-state index in [0.29, 0.717) is 30.4 Å². The lowest BCUT2D eigenvalue weighted by molar-refractivity contribution is -0.134. The van der Waals surface area contributed by atoms with Crippen LogP contribution in [0.5, 0.6) is 0 Å². The second-order valence-corrected chi connectivity index (χ2v) is 7.79. The third kappa shape index (κ3) is 7.63. The molecule has 0 unspecified atom stereocenters. The predicted octanol–water partition coefficient (Wildman–Crippen LogP) is 4.26. The third-order valence-corrected chi connectivity index (χ3v) is 5.02. The Morgan fingerprint density at radius 1 is 1.11 bits per heavy atom. The number of amides is 1. The maximum absolute atomic E-state index is 12.7. The number of carbonyl (C=O) groups excluding carboxylic acids is 2. The zero-order valence-electron chi connectivity index (χ0n) is 17.0. The van der Waals surface area contributed by atoms with Gasteiger partial charge in [-0.3, -0.25) is 9.59 Å². The largest absolute Gasteiger partial charge is 0.340 e. The van der Waals surface area contributed by atoms with Gasteiger partial charge in [-0.1, -0.05) is 45.0 Å². The van der Waals surface area contributed by atoms with Crippen molar-refractivity contribution in [3.05, 3.63) is 35.4 Å². The number of Topliss-reactive ketones (excluding diaryl/α,β-unsaturated/α-hetero) is 1. The normalized spacial score (nSPS) is 14.7. The summed E-state index contributed by atoms with van der Waals surface area (Å²) in [6.07, 6.45) is 4.62. The number of nitrogens with one attached hydrogen (secondary N) is 1. The van der Waals surface area contributed by atoms with Crippen molar-refractivity contribution in [2.75, 3.05) is 19.6 Å². The Labute approximate surface area is 170 Å². The number of ketones is 1. The van der Waals surface area contributed by atoms with E-state index in [4.69, 9.17) is 0 Å². The van der Waals surface area contributed by atoms with Gasteiger partial charge in [0.1, 0.15) is 0 Å². The van der Waals surface area contributed by atoms with Crippen molar-refractivity contribution in [2.45, 2.75) is 65.3 Å². The first-order valence-electron chi connectivity index (χ1n) is 10.1. The maximum Gasteiger partial charge on any atom is 0.223 e. The summed E-state index contributed by atoms with van der Waals surface area (Å²) in [6, 6.07) is 8.21. The SMILES string of the molecule is CCCN(C(=O)CCC(=O)c1ccc(CC(C)C)cc1)C1CCNCC1.Cl. The van der Waals surface area contributed by atoms with Crippen LogP contribution < -0.4 is 5.32 Å². The van der Waals surface area contributed by atoms with Gasteiger partial charge in [-0.25, -0.2) is 0 Å². The van der Waals surface area contributed by atoms with Gasteiger partial charge in [0.2, 0.25) is 5.91 Å². The molecule has 0 spiro atoms. The standard InChI is InChI=1S/C22H34N2O2.ClH/c1-4-15-24(20-11-13-23-14-12-20)22(26)10-9-21(25)19-7-5-18(6-8-19)16-17(2)3;/h5-8,17,20,23H,4,9-16H2,1-3H3;1H. The van der Waals surface area contributed by atoms with E-state index in [1.54, 1.807) is 0 Å². The molecule has 4 nitrogen and oxygen atoms in total. The second-order valence-electron chi connectivity index (χ2n) is 7.79. The summed E-state index contributed by atoms with van der Waals surface area (Å²) < 4.78 is 0. The predicted molar refractivity (Wildman–Crippen MR) is 114 cm³/mol. The van der Waals surface area contributed by atoms with Gasteiger partial charge in [-0.15, -0.1) is 12.4 Å². The molecule has 1 fully saturated rings. The first-order valence-corrected chi connectivity index (χ1v) is 10.1. The molecule has 1 aliphatic heterocycles. The Morgan fingerprint density at radius 3 is 2.30 bits per heavy atom. The van der Waals surface area contributed by atoms with Crippen LogP contribution in [-0.2, 0) is 11.2 Å². The molecule has 5 heteroatoms. The van der Waals surface area contributed by atoms with E-state index in [2.05, 4.69) is 26.1 Å². The highest BCUT2D eigenvalue weighted by atomic mass is 35.5. The third-order valence-electron chi connectivity index (χ3n) is 5.02. The van der Waals surface area contributed by atoms with Crippen LogP contribution in [0.3, 0.4) is 0 Å². The van der Waals surface area contributed by atoms with E-state index in [0.717, 1.165) is 45.3 Å². The molecule has 0 aromatic heterocycles. The summed E-state index contributed by atoms with van der Waals surface area (Å²) >= 11 is 0. The van der Waals surface area contributed by atoms with Crippen molar-refractivity contribution < 1.29 is 9.59 Å². The van der Waals surface area contributed by atoms with Crippen molar-refractivity contribution in [2.24, 2.45) is 5.92 Å². The minimum atomic E-state index is 0. The zero-order chi connectivity index (χ0) is 18.9. The molecule has 0 radical (unpaired) electrons. The molecule has 0 saturated carbocycles. The van der Waals surface area contributed by atoms with Crippen LogP contribution in [-0.4, -0.2) is 42.3 Å². The van der Waals surface area contributed by atoms with E-state index in [1.165, 1.54) is 5.56 Å². The molecule has 1 aliphatic rings. The summed E-state index contributed by atoms with van der Waals surface area (Å²) in [5.74, 6) is 0.799. The van der Waals surface area contributed by atoms with Gasteiger partial charge in [-0.05, 0) is 50.3 Å². The molecule has 1 heterocycles. The average molecular weight is 395 g/mol. The maximum atomic E-state index is 12.7. The van der Waals surface area contributed by atoms with E-state index >= 15 is 0 Å². The van der Waals surface area contributed by atoms with Crippen LogP contribution in [0.25, 0.3) is 0 Å². The van der Waals surface area contributed by atoms with Crippen LogP contribution in [0.4, 0.5) is 0 Å². The van der Waals surface area contributed by atoms with Crippen LogP contribution in [0.2, 0.25) is 0 Å². The highest BCUT2D eigenvalue weighted by Gasteiger charge is 2.24. The molecule has 0 atom stereocenters. The van der Waals surface area contributed by atoms with Gasteiger partial charge in [-0.2, -0.15) is 0 Å². The van der Waals surface area contributed by atoms with Crippen LogP contribution in [0.1, 0.15) is 68.8 Å². The van der Waals surface area contributed by atoms with Crippen LogP contribution in [0.15, 0.2) is 24.3 Å². The fraction of sp³-hybridized carbons (Fsp3) is 0.636. The molecule has 2 rings (SSSR count). The zero-order valence-corrected chi connectivity index (χ0v) is 17.8. The van der Waals surface area contributed by atoms with Crippen molar-refractivity contribution in [1.29, 1.82) is 0 Å². The Hall–Kier alpha value is -1.39. The van der Waals surface area contributed by atoms with E-state index in [-0.39, 0.29) is 24.1 Å². The molecule has 1 saturated heterocycles. The van der Waals surface area contributed by atoms with Crippen molar-refractivity contribution in [3.63, 3.8) is 0 Å². The fourth-order valence-electron chi connectivity index (χ4n) is 3.68. The minimum Gasteiger partial charge on any atom is -0.340 e. The monoisotopic (exact) mass is 394 g/mol. The Kier molecular flexibility index (Phi) is 10.6. The van der Waals surface area contributed by atoms with Gasteiger partial charge in [0, 0.05) is 31.0 Å². The van der Waals surface area contributed by atoms with Gasteiger partial charge in [0.25, 0.3) is 0 Å². The van der Waals surface area contributed by atoms with E-state index < -0.39 is 0 Å². The Balaban J connectivity index is 0.00000364. The Bertz CT molecular complexity index is 580. The quantitative estimate of drug-likeness (QED) is 0.636. The van der Waals surface area contributed by atoms with Crippen molar-refractivity contribution in [3.8, 4) is 0 Å². The lowest BCUT2D eigenvalue weighted by atomic mass is 9.99. The van der Waals surface area contributed by atoms with E-state index in [1.807, 2.05) is 29.2 Å². The number of hydrogen-bond acceptors (Lipinski definition) is 3. The number of halogens is 1. The number of nitrogens with zero attached hydrogens (tertiary/aromatic N) is 1. The molecule has 1 amide bonds.